The molecule has 0 spiro atoms. The van der Waals surface area contributed by atoms with Gasteiger partial charge in [0.2, 0.25) is 5.88 Å². The molecule has 0 aliphatic heterocycles. The molecule has 6 heteroatoms. The Morgan fingerprint density at radius 3 is 2.48 bits per heavy atom. The largest absolute Gasteiger partial charge is 0.475 e. The topological polar surface area (TPSA) is 43.4 Å². The highest BCUT2D eigenvalue weighted by atomic mass is 19.1. The number of rotatable bonds is 7. The van der Waals surface area contributed by atoms with E-state index in [9.17, 15) is 8.78 Å². The number of hydrogen-bond donors (Lipinski definition) is 1. The van der Waals surface area contributed by atoms with Crippen LogP contribution in [0.5, 0.6) is 5.88 Å². The van der Waals surface area contributed by atoms with Crippen LogP contribution in [0.1, 0.15) is 5.56 Å². The van der Waals surface area contributed by atoms with Gasteiger partial charge >= 0.3 is 0 Å². The molecule has 0 atom stereocenters. The lowest BCUT2D eigenvalue weighted by atomic mass is 10.2. The van der Waals surface area contributed by atoms with Gasteiger partial charge in [0.1, 0.15) is 18.2 Å². The molecular formula is C15H16F2N2O2. The molecule has 2 rings (SSSR count). The lowest BCUT2D eigenvalue weighted by Gasteiger charge is -2.08. The normalized spacial score (nSPS) is 10.4. The molecule has 0 unspecified atom stereocenters. The molecule has 21 heavy (non-hydrogen) atoms. The van der Waals surface area contributed by atoms with E-state index in [4.69, 9.17) is 9.47 Å². The van der Waals surface area contributed by atoms with E-state index in [0.29, 0.717) is 31.2 Å². The van der Waals surface area contributed by atoms with Crippen molar-refractivity contribution in [1.82, 2.24) is 4.98 Å². The predicted octanol–water partition coefficient (Wildman–Crippen LogP) is 3.00. The van der Waals surface area contributed by atoms with Gasteiger partial charge in [-0.3, -0.25) is 0 Å². The fourth-order valence-corrected chi connectivity index (χ4v) is 1.72. The number of nitrogens with zero attached hydrogens (tertiary/aromatic N) is 1. The third-order valence-corrected chi connectivity index (χ3v) is 2.69. The highest BCUT2D eigenvalue weighted by Gasteiger charge is 2.01. The molecule has 1 aromatic carbocycles. The average molecular weight is 294 g/mol. The van der Waals surface area contributed by atoms with Crippen LogP contribution in [0.4, 0.5) is 14.5 Å². The smallest absolute Gasteiger partial charge is 0.213 e. The van der Waals surface area contributed by atoms with Gasteiger partial charge in [-0.2, -0.15) is 0 Å². The van der Waals surface area contributed by atoms with Crippen molar-refractivity contribution >= 4 is 5.69 Å². The Morgan fingerprint density at radius 1 is 1.10 bits per heavy atom. The van der Waals surface area contributed by atoms with Crippen LogP contribution >= 0.6 is 0 Å². The maximum Gasteiger partial charge on any atom is 0.213 e. The summed E-state index contributed by atoms with van der Waals surface area (Å²) in [5.74, 6) is -0.687. The molecule has 1 aromatic heterocycles. The fraction of sp³-hybridized carbons (Fsp3) is 0.267. The summed E-state index contributed by atoms with van der Waals surface area (Å²) in [5, 5.41) is 3.03. The minimum atomic E-state index is -0.591. The Morgan fingerprint density at radius 2 is 1.86 bits per heavy atom. The molecule has 0 saturated carbocycles. The number of nitrogens with one attached hydrogen (secondary N) is 1. The van der Waals surface area contributed by atoms with Gasteiger partial charge < -0.3 is 14.8 Å². The molecule has 2 aromatic rings. The zero-order valence-corrected chi connectivity index (χ0v) is 11.6. The van der Waals surface area contributed by atoms with Gasteiger partial charge in [-0.05, 0) is 23.8 Å². The summed E-state index contributed by atoms with van der Waals surface area (Å²) >= 11 is 0. The number of pyridine rings is 1. The SMILES string of the molecule is COCCOc1ccc(NCc2cc(F)cc(F)c2)cn1. The van der Waals surface area contributed by atoms with Gasteiger partial charge in [-0.25, -0.2) is 13.8 Å². The molecule has 0 saturated heterocycles. The monoisotopic (exact) mass is 294 g/mol. The van der Waals surface area contributed by atoms with E-state index in [0.717, 1.165) is 11.8 Å². The molecule has 0 bridgehead atoms. The van der Waals surface area contributed by atoms with Crippen LogP contribution in [0.15, 0.2) is 36.5 Å². The second-order valence-corrected chi connectivity index (χ2v) is 4.36. The number of benzene rings is 1. The van der Waals surface area contributed by atoms with Crippen molar-refractivity contribution in [3.05, 3.63) is 53.7 Å². The molecule has 112 valence electrons. The van der Waals surface area contributed by atoms with E-state index in [-0.39, 0.29) is 0 Å². The lowest BCUT2D eigenvalue weighted by molar-refractivity contribution is 0.144. The van der Waals surface area contributed by atoms with E-state index in [1.54, 1.807) is 25.4 Å². The van der Waals surface area contributed by atoms with Gasteiger partial charge in [-0.15, -0.1) is 0 Å². The van der Waals surface area contributed by atoms with Gasteiger partial charge in [-0.1, -0.05) is 0 Å². The van der Waals surface area contributed by atoms with Crippen molar-refractivity contribution in [2.24, 2.45) is 0 Å². The summed E-state index contributed by atoms with van der Waals surface area (Å²) in [7, 11) is 1.60. The van der Waals surface area contributed by atoms with Crippen LogP contribution in [0, 0.1) is 11.6 Å². The second-order valence-electron chi connectivity index (χ2n) is 4.36. The Hall–Kier alpha value is -2.21. The first-order chi connectivity index (χ1) is 10.2. The maximum atomic E-state index is 13.0. The Kier molecular flexibility index (Phi) is 5.45. The summed E-state index contributed by atoms with van der Waals surface area (Å²) < 4.78 is 36.3. The molecule has 0 radical (unpaired) electrons. The van der Waals surface area contributed by atoms with Crippen molar-refractivity contribution in [3.63, 3.8) is 0 Å². The van der Waals surface area contributed by atoms with E-state index >= 15 is 0 Å². The molecule has 0 aliphatic carbocycles. The molecule has 0 fully saturated rings. The first-order valence-electron chi connectivity index (χ1n) is 6.44. The lowest BCUT2D eigenvalue weighted by Crippen LogP contribution is -2.06. The number of hydrogen-bond acceptors (Lipinski definition) is 4. The number of anilines is 1. The Bertz CT molecular complexity index is 556. The highest BCUT2D eigenvalue weighted by Crippen LogP contribution is 2.14. The molecule has 0 amide bonds. The molecule has 0 aliphatic rings. The number of aromatic nitrogens is 1. The Balaban J connectivity index is 1.88. The standard InChI is InChI=1S/C15H16F2N2O2/c1-20-4-5-21-15-3-2-14(10-19-15)18-9-11-6-12(16)8-13(17)7-11/h2-3,6-8,10,18H,4-5,9H2,1H3. The van der Waals surface area contributed by atoms with E-state index < -0.39 is 11.6 Å². The van der Waals surface area contributed by atoms with Crippen molar-refractivity contribution in [2.45, 2.75) is 6.54 Å². The zero-order chi connectivity index (χ0) is 15.1. The van der Waals surface area contributed by atoms with Crippen LogP contribution in [0.3, 0.4) is 0 Å². The van der Waals surface area contributed by atoms with Gasteiger partial charge in [0.05, 0.1) is 18.5 Å². The third kappa shape index (κ3) is 5.00. The molecule has 1 heterocycles. The van der Waals surface area contributed by atoms with Crippen LogP contribution in [0.25, 0.3) is 0 Å². The van der Waals surface area contributed by atoms with Crippen molar-refractivity contribution in [2.75, 3.05) is 25.6 Å². The zero-order valence-electron chi connectivity index (χ0n) is 11.6. The highest BCUT2D eigenvalue weighted by molar-refractivity contribution is 5.42. The van der Waals surface area contributed by atoms with Crippen LogP contribution in [0.2, 0.25) is 0 Å². The minimum Gasteiger partial charge on any atom is -0.475 e. The van der Waals surface area contributed by atoms with E-state index in [1.165, 1.54) is 12.1 Å². The summed E-state index contributed by atoms with van der Waals surface area (Å²) in [5.41, 5.74) is 1.26. The van der Waals surface area contributed by atoms with Crippen molar-refractivity contribution in [1.29, 1.82) is 0 Å². The van der Waals surface area contributed by atoms with Gasteiger partial charge in [0.15, 0.2) is 0 Å². The quantitative estimate of drug-likeness (QED) is 0.797. The van der Waals surface area contributed by atoms with Crippen LogP contribution < -0.4 is 10.1 Å². The first-order valence-corrected chi connectivity index (χ1v) is 6.44. The summed E-state index contributed by atoms with van der Waals surface area (Å²) in [6.07, 6.45) is 1.60. The maximum absolute atomic E-state index is 13.0. The summed E-state index contributed by atoms with van der Waals surface area (Å²) in [6, 6.07) is 6.91. The number of halogens is 2. The number of methoxy groups -OCH3 is 1. The third-order valence-electron chi connectivity index (χ3n) is 2.69. The summed E-state index contributed by atoms with van der Waals surface area (Å²) in [4.78, 5) is 4.11. The van der Waals surface area contributed by atoms with Gasteiger partial charge in [0.25, 0.3) is 0 Å². The van der Waals surface area contributed by atoms with E-state index in [1.807, 2.05) is 0 Å². The molecule has 1 N–H and O–H groups in total. The second kappa shape index (κ2) is 7.54. The average Bonchev–Trinajstić information content (AvgIpc) is 2.46. The molecular weight excluding hydrogens is 278 g/mol. The van der Waals surface area contributed by atoms with Crippen molar-refractivity contribution < 1.29 is 18.3 Å². The Labute approximate surface area is 121 Å². The fourth-order valence-electron chi connectivity index (χ4n) is 1.72. The van der Waals surface area contributed by atoms with Crippen LogP contribution in [-0.2, 0) is 11.3 Å². The predicted molar refractivity (Wildman–Crippen MR) is 75.3 cm³/mol. The molecule has 4 nitrogen and oxygen atoms in total. The first kappa shape index (κ1) is 15.2. The summed E-state index contributed by atoms with van der Waals surface area (Å²) in [6.45, 7) is 1.23. The van der Waals surface area contributed by atoms with Crippen molar-refractivity contribution in [3.8, 4) is 5.88 Å². The minimum absolute atomic E-state index is 0.306. The van der Waals surface area contributed by atoms with E-state index in [2.05, 4.69) is 10.3 Å². The van der Waals surface area contributed by atoms with Gasteiger partial charge in [0, 0.05) is 25.8 Å². The van der Waals surface area contributed by atoms with Crippen LogP contribution in [-0.4, -0.2) is 25.3 Å². The number of ether oxygens (including phenoxy) is 2.